The van der Waals surface area contributed by atoms with E-state index in [2.05, 4.69) is 71.5 Å². The molecule has 5 atom stereocenters. The molecule has 2 aliphatic rings. The Morgan fingerprint density at radius 1 is 0.787 bits per heavy atom. The minimum Gasteiger partial charge on any atom is -0.444 e. The molecule has 3 aromatic carbocycles. The zero-order valence-corrected chi connectivity index (χ0v) is 49.3. The van der Waals surface area contributed by atoms with Crippen molar-refractivity contribution in [2.75, 3.05) is 44.6 Å². The first kappa shape index (κ1) is 59.1. The van der Waals surface area contributed by atoms with E-state index < -0.39 is 41.3 Å². The highest BCUT2D eigenvalue weighted by Gasteiger charge is 2.45. The number of aliphatic hydroxyl groups is 1. The number of anilines is 1. The number of carbonyl (C=O) groups is 5. The van der Waals surface area contributed by atoms with Crippen LogP contribution in [0.3, 0.4) is 0 Å². The van der Waals surface area contributed by atoms with E-state index in [1.807, 2.05) is 127 Å². The van der Waals surface area contributed by atoms with Crippen LogP contribution in [-0.2, 0) is 30.5 Å². The molecule has 2 aliphatic heterocycles. The van der Waals surface area contributed by atoms with Crippen LogP contribution in [-0.4, -0.2) is 133 Å². The molecule has 0 bridgehead atoms. The van der Waals surface area contributed by atoms with E-state index in [9.17, 15) is 29.1 Å². The van der Waals surface area contributed by atoms with Gasteiger partial charge in [-0.05, 0) is 116 Å². The molecule has 0 unspecified atom stereocenters. The van der Waals surface area contributed by atoms with Crippen LogP contribution in [0.2, 0.25) is 0 Å². The number of ether oxygens (including phenoxy) is 1. The van der Waals surface area contributed by atoms with Gasteiger partial charge in [0.05, 0.1) is 40.3 Å². The second kappa shape index (κ2) is 24.4. The van der Waals surface area contributed by atoms with Gasteiger partial charge in [0.25, 0.3) is 0 Å². The summed E-state index contributed by atoms with van der Waals surface area (Å²) in [7, 11) is 0. The zero-order valence-electron chi connectivity index (χ0n) is 48.5. The van der Waals surface area contributed by atoms with E-state index in [0.717, 1.165) is 74.7 Å². The number of carbonyl (C=O) groups excluding carboxylic acids is 5. The summed E-state index contributed by atoms with van der Waals surface area (Å²) in [6.45, 7) is 26.8. The number of amides is 5. The first-order valence-electron chi connectivity index (χ1n) is 27.7. The third-order valence-corrected chi connectivity index (χ3v) is 15.7. The number of hydrogen-bond acceptors (Lipinski definition) is 12. The molecule has 17 nitrogen and oxygen atoms in total. The van der Waals surface area contributed by atoms with Gasteiger partial charge in [-0.1, -0.05) is 96.1 Å². The van der Waals surface area contributed by atoms with Crippen molar-refractivity contribution in [1.29, 1.82) is 0 Å². The van der Waals surface area contributed by atoms with Crippen LogP contribution in [0.25, 0.3) is 38.2 Å². The maximum absolute atomic E-state index is 14.3. The Morgan fingerprint density at radius 2 is 1.46 bits per heavy atom. The second-order valence-corrected chi connectivity index (χ2v) is 25.8. The Balaban J connectivity index is 0.828. The predicted octanol–water partition coefficient (Wildman–Crippen LogP) is 9.16. The van der Waals surface area contributed by atoms with Crippen molar-refractivity contribution in [2.24, 2.45) is 10.8 Å². The number of nitrogens with one attached hydrogen (secondary N) is 4. The van der Waals surface area contributed by atoms with Crippen molar-refractivity contribution in [3.8, 4) is 32.7 Å². The van der Waals surface area contributed by atoms with Gasteiger partial charge in [0, 0.05) is 74.9 Å². The molecule has 8 rings (SSSR count). The highest BCUT2D eigenvalue weighted by atomic mass is 32.1. The molecule has 0 saturated carbocycles. The average molecular weight is 1110 g/mol. The Bertz CT molecular complexity index is 3180. The molecule has 6 aromatic rings. The van der Waals surface area contributed by atoms with Crippen LogP contribution in [0.1, 0.15) is 111 Å². The number of aromatic nitrogens is 3. The number of β-amino-alcohol motifs (C(OH)–C–C–N with tert-alkyl or cyclic N) is 1. The minimum absolute atomic E-state index is 0.00462. The number of aliphatic hydroxyl groups excluding tert-OH is 1. The lowest BCUT2D eigenvalue weighted by atomic mass is 9.85. The SMILES string of the molecule is Cc1cc(NC(=O)[C@@H](CC(C)(C)C)NC(=O)OC(C)(C)C)ccc1-c1ccnn2cc(-c3ccc(CN4CCN(CC(=O)N[C@H](C(=O)N5C[C@H](O)C[C@H]5C(=O)N[C@@H](C)c5ccc(-c6scnc6C)cc5)C(C)(C)C)CC4)cc3)cc12. The van der Waals surface area contributed by atoms with Crippen LogP contribution in [0, 0.1) is 24.7 Å². The normalized spacial score (nSPS) is 17.6. The summed E-state index contributed by atoms with van der Waals surface area (Å²) in [4.78, 5) is 79.5. The predicted molar refractivity (Wildman–Crippen MR) is 315 cm³/mol. The lowest BCUT2D eigenvalue weighted by molar-refractivity contribution is -0.144. The molecule has 2 saturated heterocycles. The number of rotatable bonds is 16. The van der Waals surface area contributed by atoms with E-state index in [4.69, 9.17) is 4.74 Å². The summed E-state index contributed by atoms with van der Waals surface area (Å²) >= 11 is 1.58. The lowest BCUT2D eigenvalue weighted by Gasteiger charge is -2.37. The highest BCUT2D eigenvalue weighted by molar-refractivity contribution is 7.13. The molecule has 18 heteroatoms. The maximum Gasteiger partial charge on any atom is 0.408 e. The molecule has 5 heterocycles. The van der Waals surface area contributed by atoms with Crippen LogP contribution in [0.5, 0.6) is 0 Å². The third-order valence-electron chi connectivity index (χ3n) is 14.7. The molecule has 3 aromatic heterocycles. The van der Waals surface area contributed by atoms with Gasteiger partial charge < -0.3 is 36.0 Å². The summed E-state index contributed by atoms with van der Waals surface area (Å²) in [6.07, 6.45) is 2.84. The first-order chi connectivity index (χ1) is 37.7. The summed E-state index contributed by atoms with van der Waals surface area (Å²) in [5.41, 5.74) is 10.9. The number of hydrogen-bond donors (Lipinski definition) is 5. The fourth-order valence-corrected chi connectivity index (χ4v) is 11.3. The maximum atomic E-state index is 14.3. The summed E-state index contributed by atoms with van der Waals surface area (Å²) in [5, 5.41) is 27.3. The van der Waals surface area contributed by atoms with Crippen molar-refractivity contribution >= 4 is 52.3 Å². The van der Waals surface area contributed by atoms with Gasteiger partial charge in [0.1, 0.15) is 23.7 Å². The van der Waals surface area contributed by atoms with E-state index >= 15 is 0 Å². The van der Waals surface area contributed by atoms with Gasteiger partial charge in [-0.25, -0.2) is 14.3 Å². The molecule has 80 heavy (non-hydrogen) atoms. The topological polar surface area (TPSA) is 203 Å². The van der Waals surface area contributed by atoms with Crippen LogP contribution < -0.4 is 21.3 Å². The van der Waals surface area contributed by atoms with Crippen molar-refractivity contribution in [2.45, 2.75) is 138 Å². The van der Waals surface area contributed by atoms with E-state index in [1.165, 1.54) is 10.5 Å². The Morgan fingerprint density at radius 3 is 2.09 bits per heavy atom. The van der Waals surface area contributed by atoms with Crippen LogP contribution in [0.15, 0.2) is 96.8 Å². The van der Waals surface area contributed by atoms with Gasteiger partial charge in [-0.15, -0.1) is 11.3 Å². The van der Waals surface area contributed by atoms with Crippen molar-refractivity contribution in [3.63, 3.8) is 0 Å². The molecule has 0 radical (unpaired) electrons. The molecule has 0 spiro atoms. The largest absolute Gasteiger partial charge is 0.444 e. The first-order valence-corrected chi connectivity index (χ1v) is 28.6. The van der Waals surface area contributed by atoms with Crippen molar-refractivity contribution in [3.05, 3.63) is 119 Å². The molecule has 5 amide bonds. The quantitative estimate of drug-likeness (QED) is 0.0619. The molecule has 2 fully saturated rings. The summed E-state index contributed by atoms with van der Waals surface area (Å²) in [6, 6.07) is 23.6. The second-order valence-electron chi connectivity index (χ2n) is 24.9. The average Bonchev–Trinajstić information content (AvgIpc) is 4.15. The number of piperazine rings is 1. The third kappa shape index (κ3) is 15.1. The molecule has 5 N–H and O–H groups in total. The van der Waals surface area contributed by atoms with Gasteiger partial charge in [-0.2, -0.15) is 5.10 Å². The Hall–Kier alpha value is -6.99. The minimum atomic E-state index is -0.913. The van der Waals surface area contributed by atoms with E-state index in [-0.39, 0.29) is 54.6 Å². The van der Waals surface area contributed by atoms with Gasteiger partial charge in [0.15, 0.2) is 0 Å². The summed E-state index contributed by atoms with van der Waals surface area (Å²) in [5.74, 6) is -1.32. The number of alkyl carbamates (subject to hydrolysis) is 1. The van der Waals surface area contributed by atoms with Gasteiger partial charge in [-0.3, -0.25) is 29.0 Å². The zero-order chi connectivity index (χ0) is 57.8. The summed E-state index contributed by atoms with van der Waals surface area (Å²) < 4.78 is 7.35. The Kier molecular flexibility index (Phi) is 18.0. The van der Waals surface area contributed by atoms with Gasteiger partial charge in [0.2, 0.25) is 23.6 Å². The fourth-order valence-electron chi connectivity index (χ4n) is 10.5. The van der Waals surface area contributed by atoms with E-state index in [1.54, 1.807) is 38.3 Å². The standard InChI is InChI=1S/C62H80N10O7S/c1-38-29-46(66-56(75)50(32-60(4,5)6)67-59(78)79-62(10,11)12)21-22-48(38)49-23-24-64-72-34-45(30-51(49)72)43-15-13-41(14-16-43)33-69-25-27-70(28-26-69)36-53(74)68-55(61(7,8)9)58(77)71-35-47(73)31-52(71)57(76)65-39(2)42-17-19-44(20-18-42)54-40(3)63-37-80-54/h13-24,29-30,34,37,39,47,50,52,55,73H,25-28,31-33,35-36H2,1-12H3,(H,65,76)(H,66,75)(H,67,78)(H,68,74)/t39-,47+,50+,52-,55+/m0/s1. The van der Waals surface area contributed by atoms with Crippen LogP contribution >= 0.6 is 11.3 Å². The number of thiazole rings is 1. The smallest absolute Gasteiger partial charge is 0.408 e. The van der Waals surface area contributed by atoms with Crippen LogP contribution in [0.4, 0.5) is 10.5 Å². The monoisotopic (exact) mass is 1110 g/mol. The number of fused-ring (bicyclic) bond motifs is 1. The lowest BCUT2D eigenvalue weighted by Crippen LogP contribution is -2.59. The number of benzene rings is 3. The number of aryl methyl sites for hydroxylation is 2. The molecular weight excluding hydrogens is 1030 g/mol. The Labute approximate surface area is 474 Å². The van der Waals surface area contributed by atoms with Gasteiger partial charge >= 0.3 is 6.09 Å². The van der Waals surface area contributed by atoms with Crippen molar-refractivity contribution < 1.29 is 33.8 Å². The highest BCUT2D eigenvalue weighted by Crippen LogP contribution is 2.34. The molecule has 426 valence electrons. The fraction of sp³-hybridized carbons (Fsp3) is 0.468. The van der Waals surface area contributed by atoms with Crippen molar-refractivity contribution in [1.82, 2.24) is 45.2 Å². The molecular formula is C62H80N10O7S. The molecule has 0 aliphatic carbocycles. The number of likely N-dealkylation sites (tertiary alicyclic amines) is 1. The van der Waals surface area contributed by atoms with E-state index in [0.29, 0.717) is 25.2 Å². The number of nitrogens with zero attached hydrogens (tertiary/aromatic N) is 6.